The lowest BCUT2D eigenvalue weighted by Crippen LogP contribution is -2.43. The average molecular weight is 235 g/mol. The summed E-state index contributed by atoms with van der Waals surface area (Å²) in [6, 6.07) is 0. The Hall–Kier alpha value is -0.870. The maximum atomic E-state index is 5.70. The van der Waals surface area contributed by atoms with E-state index in [0.29, 0.717) is 5.92 Å². The molecule has 2 aliphatic rings. The molecule has 1 saturated carbocycles. The highest BCUT2D eigenvalue weighted by molar-refractivity contribution is 5.10. The van der Waals surface area contributed by atoms with Crippen LogP contribution in [0.25, 0.3) is 0 Å². The van der Waals surface area contributed by atoms with Gasteiger partial charge < -0.3 is 14.6 Å². The van der Waals surface area contributed by atoms with E-state index in [0.717, 1.165) is 19.6 Å². The number of nitrogens with one attached hydrogen (secondary N) is 1. The van der Waals surface area contributed by atoms with Gasteiger partial charge in [-0.3, -0.25) is 0 Å². The van der Waals surface area contributed by atoms with Crippen molar-refractivity contribution in [1.29, 1.82) is 0 Å². The van der Waals surface area contributed by atoms with Crippen molar-refractivity contribution in [2.75, 3.05) is 20.2 Å². The Balaban J connectivity index is 1.76. The third-order valence-corrected chi connectivity index (χ3v) is 4.38. The number of hydrogen-bond acceptors (Lipinski definition) is 3. The van der Waals surface area contributed by atoms with Crippen LogP contribution < -0.4 is 5.32 Å². The predicted molar refractivity (Wildman–Crippen MR) is 66.0 cm³/mol. The van der Waals surface area contributed by atoms with Crippen LogP contribution in [-0.2, 0) is 11.3 Å². The Morgan fingerprint density at radius 2 is 2.47 bits per heavy atom. The van der Waals surface area contributed by atoms with E-state index in [9.17, 15) is 0 Å². The van der Waals surface area contributed by atoms with E-state index >= 15 is 0 Å². The molecule has 2 heterocycles. The molecule has 1 aromatic rings. The molecule has 4 nitrogen and oxygen atoms in total. The van der Waals surface area contributed by atoms with Crippen molar-refractivity contribution in [1.82, 2.24) is 14.9 Å². The summed E-state index contributed by atoms with van der Waals surface area (Å²) in [5, 5.41) is 3.42. The third kappa shape index (κ3) is 2.00. The first-order chi connectivity index (χ1) is 8.33. The molecule has 1 aliphatic carbocycles. The van der Waals surface area contributed by atoms with Gasteiger partial charge in [0.1, 0.15) is 0 Å². The van der Waals surface area contributed by atoms with Crippen LogP contribution in [0, 0.1) is 0 Å². The molecule has 17 heavy (non-hydrogen) atoms. The summed E-state index contributed by atoms with van der Waals surface area (Å²) in [6.07, 6.45) is 8.88. The Labute approximate surface area is 102 Å². The minimum absolute atomic E-state index is 0.0848. The first kappa shape index (κ1) is 11.2. The molecule has 3 rings (SSSR count). The fourth-order valence-corrected chi connectivity index (χ4v) is 3.02. The minimum Gasteiger partial charge on any atom is -0.376 e. The standard InChI is InChI=1S/C13H21N3O/c1-17-13(4-2-5-13)9-16-10-15-8-12(16)11-3-6-14-7-11/h8,10-11,14H,2-7,9H2,1H3. The van der Waals surface area contributed by atoms with Gasteiger partial charge in [-0.25, -0.2) is 4.98 Å². The lowest BCUT2D eigenvalue weighted by atomic mass is 9.80. The molecule has 2 fully saturated rings. The number of aromatic nitrogens is 2. The third-order valence-electron chi connectivity index (χ3n) is 4.38. The molecule has 0 aromatic carbocycles. The molecule has 1 aromatic heterocycles. The van der Waals surface area contributed by atoms with Crippen LogP contribution in [0.3, 0.4) is 0 Å². The molecular weight excluding hydrogens is 214 g/mol. The second kappa shape index (κ2) is 4.42. The van der Waals surface area contributed by atoms with Crippen molar-refractivity contribution in [2.45, 2.75) is 43.7 Å². The molecule has 0 bridgehead atoms. The van der Waals surface area contributed by atoms with Gasteiger partial charge in [0.25, 0.3) is 0 Å². The molecular formula is C13H21N3O. The lowest BCUT2D eigenvalue weighted by molar-refractivity contribution is -0.0840. The Morgan fingerprint density at radius 3 is 3.06 bits per heavy atom. The number of nitrogens with zero attached hydrogens (tertiary/aromatic N) is 2. The van der Waals surface area contributed by atoms with Crippen molar-refractivity contribution >= 4 is 0 Å². The van der Waals surface area contributed by atoms with Gasteiger partial charge in [0, 0.05) is 31.5 Å². The van der Waals surface area contributed by atoms with E-state index in [1.165, 1.54) is 31.4 Å². The van der Waals surface area contributed by atoms with Crippen LogP contribution >= 0.6 is 0 Å². The minimum atomic E-state index is 0.0848. The number of imidazole rings is 1. The van der Waals surface area contributed by atoms with Gasteiger partial charge in [-0.15, -0.1) is 0 Å². The number of hydrogen-bond donors (Lipinski definition) is 1. The monoisotopic (exact) mass is 235 g/mol. The Bertz CT molecular complexity index is 372. The predicted octanol–water partition coefficient (Wildman–Crippen LogP) is 1.53. The topological polar surface area (TPSA) is 39.1 Å². The molecule has 1 unspecified atom stereocenters. The zero-order valence-electron chi connectivity index (χ0n) is 10.5. The second-order valence-corrected chi connectivity index (χ2v) is 5.38. The first-order valence-electron chi connectivity index (χ1n) is 6.59. The van der Waals surface area contributed by atoms with Gasteiger partial charge in [0.2, 0.25) is 0 Å². The molecule has 1 saturated heterocycles. The van der Waals surface area contributed by atoms with E-state index < -0.39 is 0 Å². The quantitative estimate of drug-likeness (QED) is 0.860. The molecule has 0 radical (unpaired) electrons. The van der Waals surface area contributed by atoms with Crippen LogP contribution in [0.1, 0.15) is 37.3 Å². The number of rotatable bonds is 4. The normalized spacial score (nSPS) is 27.0. The molecule has 4 heteroatoms. The summed E-state index contributed by atoms with van der Waals surface area (Å²) in [4.78, 5) is 4.32. The van der Waals surface area contributed by atoms with E-state index in [4.69, 9.17) is 4.74 Å². The van der Waals surface area contributed by atoms with Gasteiger partial charge in [-0.05, 0) is 32.2 Å². The van der Waals surface area contributed by atoms with E-state index in [1.807, 2.05) is 19.6 Å². The highest BCUT2D eigenvalue weighted by atomic mass is 16.5. The lowest BCUT2D eigenvalue weighted by Gasteiger charge is -2.41. The fraction of sp³-hybridized carbons (Fsp3) is 0.769. The maximum Gasteiger partial charge on any atom is 0.0949 e. The molecule has 0 amide bonds. The van der Waals surface area contributed by atoms with Crippen molar-refractivity contribution in [2.24, 2.45) is 0 Å². The van der Waals surface area contributed by atoms with Gasteiger partial charge in [-0.1, -0.05) is 0 Å². The first-order valence-corrected chi connectivity index (χ1v) is 6.59. The summed E-state index contributed by atoms with van der Waals surface area (Å²) >= 11 is 0. The molecule has 0 spiro atoms. The zero-order chi connectivity index (χ0) is 11.7. The van der Waals surface area contributed by atoms with Crippen LogP contribution in [0.5, 0.6) is 0 Å². The van der Waals surface area contributed by atoms with E-state index in [2.05, 4.69) is 14.9 Å². The van der Waals surface area contributed by atoms with Crippen molar-refractivity contribution in [3.8, 4) is 0 Å². The largest absolute Gasteiger partial charge is 0.376 e. The summed E-state index contributed by atoms with van der Waals surface area (Å²) in [5.41, 5.74) is 1.46. The SMILES string of the molecule is COC1(Cn2cncc2C2CCNC2)CCC1. The average Bonchev–Trinajstić information content (AvgIpc) is 2.93. The highest BCUT2D eigenvalue weighted by Crippen LogP contribution is 2.37. The smallest absolute Gasteiger partial charge is 0.0949 e. The van der Waals surface area contributed by atoms with Crippen molar-refractivity contribution in [3.63, 3.8) is 0 Å². The van der Waals surface area contributed by atoms with Crippen LogP contribution in [-0.4, -0.2) is 35.4 Å². The fourth-order valence-electron chi connectivity index (χ4n) is 3.02. The number of methoxy groups -OCH3 is 1. The Kier molecular flexibility index (Phi) is 2.92. The summed E-state index contributed by atoms with van der Waals surface area (Å²) in [7, 11) is 1.84. The van der Waals surface area contributed by atoms with Crippen molar-refractivity contribution in [3.05, 3.63) is 18.2 Å². The molecule has 1 aliphatic heterocycles. The highest BCUT2D eigenvalue weighted by Gasteiger charge is 2.38. The van der Waals surface area contributed by atoms with Crippen LogP contribution in [0.15, 0.2) is 12.5 Å². The van der Waals surface area contributed by atoms with E-state index in [-0.39, 0.29) is 5.60 Å². The summed E-state index contributed by atoms with van der Waals surface area (Å²) in [5.74, 6) is 0.631. The Morgan fingerprint density at radius 1 is 1.59 bits per heavy atom. The van der Waals surface area contributed by atoms with Gasteiger partial charge >= 0.3 is 0 Å². The van der Waals surface area contributed by atoms with Gasteiger partial charge in [0.05, 0.1) is 18.5 Å². The second-order valence-electron chi connectivity index (χ2n) is 5.38. The maximum absolute atomic E-state index is 5.70. The molecule has 1 atom stereocenters. The number of ether oxygens (including phenoxy) is 1. The van der Waals surface area contributed by atoms with Gasteiger partial charge in [-0.2, -0.15) is 0 Å². The van der Waals surface area contributed by atoms with Crippen LogP contribution in [0.2, 0.25) is 0 Å². The van der Waals surface area contributed by atoms with Crippen LogP contribution in [0.4, 0.5) is 0 Å². The summed E-state index contributed by atoms with van der Waals surface area (Å²) in [6.45, 7) is 3.19. The van der Waals surface area contributed by atoms with Gasteiger partial charge in [0.15, 0.2) is 0 Å². The zero-order valence-corrected chi connectivity index (χ0v) is 10.5. The molecule has 94 valence electrons. The summed E-state index contributed by atoms with van der Waals surface area (Å²) < 4.78 is 8.01. The van der Waals surface area contributed by atoms with E-state index in [1.54, 1.807) is 0 Å². The van der Waals surface area contributed by atoms with Crippen molar-refractivity contribution < 1.29 is 4.74 Å². The molecule has 1 N–H and O–H groups in total.